The van der Waals surface area contributed by atoms with Gasteiger partial charge in [-0.2, -0.15) is 5.26 Å². The summed E-state index contributed by atoms with van der Waals surface area (Å²) in [6, 6.07) is 7.43. The van der Waals surface area contributed by atoms with E-state index in [1.54, 1.807) is 12.1 Å². The highest BCUT2D eigenvalue weighted by atomic mass is 14.7. The Morgan fingerprint density at radius 3 is 2.71 bits per heavy atom. The molecule has 0 heterocycles. The molecular formula is C11H13N3. The molecule has 1 aromatic carbocycles. The molecule has 1 aromatic rings. The van der Waals surface area contributed by atoms with Gasteiger partial charge in [0.25, 0.3) is 0 Å². The highest BCUT2D eigenvalue weighted by Gasteiger charge is 2.30. The first-order valence-electron chi connectivity index (χ1n) is 4.77. The highest BCUT2D eigenvalue weighted by Crippen LogP contribution is 2.40. The van der Waals surface area contributed by atoms with Crippen LogP contribution in [0.5, 0.6) is 0 Å². The lowest BCUT2D eigenvalue weighted by Gasteiger charge is -2.12. The number of hydrogen-bond acceptors (Lipinski definition) is 3. The topological polar surface area (TPSA) is 75.8 Å². The van der Waals surface area contributed by atoms with Gasteiger partial charge in [-0.25, -0.2) is 0 Å². The van der Waals surface area contributed by atoms with Crippen LogP contribution in [0, 0.1) is 17.2 Å². The molecule has 0 unspecified atom stereocenters. The Hall–Kier alpha value is -1.53. The van der Waals surface area contributed by atoms with Crippen LogP contribution < -0.4 is 11.5 Å². The molecule has 0 radical (unpaired) electrons. The van der Waals surface area contributed by atoms with Gasteiger partial charge < -0.3 is 11.5 Å². The standard InChI is InChI=1S/C11H13N3/c12-6-8-3-4-9(13)5-10(8)11(14)7-1-2-7/h3-5,7,11H,1-2,13-14H2/t11-/m0/s1. The molecule has 1 saturated carbocycles. The SMILES string of the molecule is N#Cc1ccc(N)cc1[C@@H](N)C1CC1. The third kappa shape index (κ3) is 1.57. The van der Waals surface area contributed by atoms with Crippen molar-refractivity contribution in [3.05, 3.63) is 29.3 Å². The fraction of sp³-hybridized carbons (Fsp3) is 0.364. The maximum absolute atomic E-state index is 8.91. The molecule has 0 amide bonds. The van der Waals surface area contributed by atoms with E-state index < -0.39 is 0 Å². The maximum Gasteiger partial charge on any atom is 0.0995 e. The normalized spacial score (nSPS) is 17.4. The van der Waals surface area contributed by atoms with Gasteiger partial charge in [0.2, 0.25) is 0 Å². The van der Waals surface area contributed by atoms with Crippen molar-refractivity contribution < 1.29 is 0 Å². The molecule has 0 aliphatic heterocycles. The summed E-state index contributed by atoms with van der Waals surface area (Å²) in [6.07, 6.45) is 2.33. The van der Waals surface area contributed by atoms with Crippen LogP contribution in [0.25, 0.3) is 0 Å². The number of benzene rings is 1. The average Bonchev–Trinajstić information content (AvgIpc) is 3.00. The minimum Gasteiger partial charge on any atom is -0.399 e. The van der Waals surface area contributed by atoms with Crippen molar-refractivity contribution in [1.29, 1.82) is 5.26 Å². The van der Waals surface area contributed by atoms with E-state index in [9.17, 15) is 0 Å². The van der Waals surface area contributed by atoms with Crippen LogP contribution in [0.2, 0.25) is 0 Å². The second kappa shape index (κ2) is 3.32. The van der Waals surface area contributed by atoms with Crippen LogP contribution >= 0.6 is 0 Å². The fourth-order valence-corrected chi connectivity index (χ4v) is 1.67. The number of nitrogens with two attached hydrogens (primary N) is 2. The molecule has 1 fully saturated rings. The van der Waals surface area contributed by atoms with Crippen LogP contribution in [0.15, 0.2) is 18.2 Å². The quantitative estimate of drug-likeness (QED) is 0.690. The van der Waals surface area contributed by atoms with Crippen molar-refractivity contribution in [2.45, 2.75) is 18.9 Å². The van der Waals surface area contributed by atoms with Crippen LogP contribution in [-0.4, -0.2) is 0 Å². The van der Waals surface area contributed by atoms with Crippen LogP contribution in [0.4, 0.5) is 5.69 Å². The minimum absolute atomic E-state index is 0.0202. The van der Waals surface area contributed by atoms with Crippen molar-refractivity contribution in [2.75, 3.05) is 5.73 Å². The van der Waals surface area contributed by atoms with Crippen molar-refractivity contribution in [1.82, 2.24) is 0 Å². The predicted octanol–water partition coefficient (Wildman–Crippen LogP) is 1.55. The number of anilines is 1. The molecule has 0 saturated heterocycles. The van der Waals surface area contributed by atoms with E-state index in [2.05, 4.69) is 6.07 Å². The third-order valence-electron chi connectivity index (χ3n) is 2.69. The summed E-state index contributed by atoms with van der Waals surface area (Å²) < 4.78 is 0. The molecule has 0 aromatic heterocycles. The van der Waals surface area contributed by atoms with Gasteiger partial charge in [-0.15, -0.1) is 0 Å². The van der Waals surface area contributed by atoms with E-state index in [0.717, 1.165) is 5.56 Å². The smallest absolute Gasteiger partial charge is 0.0995 e. The average molecular weight is 187 g/mol. The van der Waals surface area contributed by atoms with E-state index in [0.29, 0.717) is 17.2 Å². The Kier molecular flexibility index (Phi) is 2.14. The Bertz CT molecular complexity index is 388. The van der Waals surface area contributed by atoms with Crippen LogP contribution in [0.3, 0.4) is 0 Å². The number of nitrogen functional groups attached to an aromatic ring is 1. The Balaban J connectivity index is 2.38. The van der Waals surface area contributed by atoms with Gasteiger partial charge in [0.15, 0.2) is 0 Å². The van der Waals surface area contributed by atoms with Gasteiger partial charge in [-0.05, 0) is 42.5 Å². The second-order valence-electron chi connectivity index (χ2n) is 3.82. The third-order valence-corrected chi connectivity index (χ3v) is 2.69. The molecule has 4 N–H and O–H groups in total. The number of nitrogens with zero attached hydrogens (tertiary/aromatic N) is 1. The molecule has 1 atom stereocenters. The first-order valence-corrected chi connectivity index (χ1v) is 4.77. The molecule has 1 aliphatic carbocycles. The van der Waals surface area contributed by atoms with E-state index in [4.69, 9.17) is 16.7 Å². The molecule has 3 nitrogen and oxygen atoms in total. The van der Waals surface area contributed by atoms with Crippen LogP contribution in [-0.2, 0) is 0 Å². The first-order chi connectivity index (χ1) is 6.72. The van der Waals surface area contributed by atoms with Gasteiger partial charge in [0, 0.05) is 11.7 Å². The number of hydrogen-bond donors (Lipinski definition) is 2. The van der Waals surface area contributed by atoms with Gasteiger partial charge >= 0.3 is 0 Å². The number of rotatable bonds is 2. The summed E-state index contributed by atoms with van der Waals surface area (Å²) in [6.45, 7) is 0. The van der Waals surface area contributed by atoms with E-state index >= 15 is 0 Å². The summed E-state index contributed by atoms with van der Waals surface area (Å²) >= 11 is 0. The van der Waals surface area contributed by atoms with E-state index in [1.807, 2.05) is 6.07 Å². The van der Waals surface area contributed by atoms with Crippen LogP contribution in [0.1, 0.15) is 30.0 Å². The van der Waals surface area contributed by atoms with Crippen molar-refractivity contribution in [2.24, 2.45) is 11.7 Å². The summed E-state index contributed by atoms with van der Waals surface area (Å²) in [5, 5.41) is 8.91. The molecule has 1 aliphatic rings. The number of nitriles is 1. The summed E-state index contributed by atoms with van der Waals surface area (Å²) in [4.78, 5) is 0. The predicted molar refractivity (Wildman–Crippen MR) is 55.2 cm³/mol. The molecule has 14 heavy (non-hydrogen) atoms. The van der Waals surface area contributed by atoms with Crippen molar-refractivity contribution in [3.8, 4) is 6.07 Å². The van der Waals surface area contributed by atoms with Crippen molar-refractivity contribution in [3.63, 3.8) is 0 Å². The highest BCUT2D eigenvalue weighted by molar-refractivity contribution is 5.50. The molecule has 0 spiro atoms. The van der Waals surface area contributed by atoms with E-state index in [-0.39, 0.29) is 6.04 Å². The summed E-state index contributed by atoms with van der Waals surface area (Å²) in [5.41, 5.74) is 13.9. The molecular weight excluding hydrogens is 174 g/mol. The molecule has 0 bridgehead atoms. The Morgan fingerprint density at radius 2 is 2.14 bits per heavy atom. The second-order valence-corrected chi connectivity index (χ2v) is 3.82. The lowest BCUT2D eigenvalue weighted by Crippen LogP contribution is -2.14. The fourth-order valence-electron chi connectivity index (χ4n) is 1.67. The van der Waals surface area contributed by atoms with Crippen molar-refractivity contribution >= 4 is 5.69 Å². The van der Waals surface area contributed by atoms with E-state index in [1.165, 1.54) is 12.8 Å². The zero-order chi connectivity index (χ0) is 10.1. The molecule has 2 rings (SSSR count). The summed E-state index contributed by atoms with van der Waals surface area (Å²) in [7, 11) is 0. The molecule has 3 heteroatoms. The zero-order valence-corrected chi connectivity index (χ0v) is 7.90. The minimum atomic E-state index is -0.0202. The lowest BCUT2D eigenvalue weighted by molar-refractivity contribution is 0.632. The largest absolute Gasteiger partial charge is 0.399 e. The summed E-state index contributed by atoms with van der Waals surface area (Å²) in [5.74, 6) is 0.545. The van der Waals surface area contributed by atoms with Gasteiger partial charge in [0.1, 0.15) is 0 Å². The van der Waals surface area contributed by atoms with Gasteiger partial charge in [0.05, 0.1) is 11.6 Å². The Labute approximate surface area is 83.3 Å². The van der Waals surface area contributed by atoms with Gasteiger partial charge in [-0.3, -0.25) is 0 Å². The molecule has 72 valence electrons. The monoisotopic (exact) mass is 187 g/mol. The van der Waals surface area contributed by atoms with Gasteiger partial charge in [-0.1, -0.05) is 0 Å². The lowest BCUT2D eigenvalue weighted by atomic mass is 9.97. The first kappa shape index (κ1) is 9.04. The Morgan fingerprint density at radius 1 is 1.43 bits per heavy atom. The maximum atomic E-state index is 8.91. The zero-order valence-electron chi connectivity index (χ0n) is 7.90.